The van der Waals surface area contributed by atoms with E-state index >= 15 is 0 Å². The molecular formula is C16H16N2O2S. The lowest BCUT2D eigenvalue weighted by molar-refractivity contribution is 0.0783. The lowest BCUT2D eigenvalue weighted by Crippen LogP contribution is -2.27. The SMILES string of the molecule is CN(Cc1cscn1)C(=O)c1ccccc1C#CCCO. The lowest BCUT2D eigenvalue weighted by atomic mass is 10.1. The molecule has 1 aromatic heterocycles. The summed E-state index contributed by atoms with van der Waals surface area (Å²) in [6.07, 6.45) is 0.400. The molecule has 2 rings (SSSR count). The van der Waals surface area contributed by atoms with Crippen molar-refractivity contribution in [2.75, 3.05) is 13.7 Å². The number of amides is 1. The third-order valence-corrected chi connectivity index (χ3v) is 3.48. The highest BCUT2D eigenvalue weighted by atomic mass is 32.1. The molecule has 21 heavy (non-hydrogen) atoms. The maximum Gasteiger partial charge on any atom is 0.255 e. The maximum absolute atomic E-state index is 12.5. The van der Waals surface area contributed by atoms with Crippen LogP contribution in [-0.2, 0) is 6.54 Å². The van der Waals surface area contributed by atoms with E-state index in [1.54, 1.807) is 23.5 Å². The summed E-state index contributed by atoms with van der Waals surface area (Å²) in [6.45, 7) is 0.494. The second-order valence-corrected chi connectivity index (χ2v) is 5.18. The second-order valence-electron chi connectivity index (χ2n) is 4.46. The number of rotatable bonds is 4. The summed E-state index contributed by atoms with van der Waals surface area (Å²) in [5, 5.41) is 10.7. The minimum Gasteiger partial charge on any atom is -0.395 e. The van der Waals surface area contributed by atoms with Gasteiger partial charge in [-0.25, -0.2) is 4.98 Å². The van der Waals surface area contributed by atoms with Gasteiger partial charge in [-0.05, 0) is 12.1 Å². The van der Waals surface area contributed by atoms with Gasteiger partial charge in [-0.2, -0.15) is 0 Å². The minimum atomic E-state index is -0.0862. The molecule has 0 spiro atoms. The normalized spacial score (nSPS) is 9.81. The van der Waals surface area contributed by atoms with E-state index in [0.717, 1.165) is 5.69 Å². The summed E-state index contributed by atoms with van der Waals surface area (Å²) in [6, 6.07) is 7.25. The first-order chi connectivity index (χ1) is 10.2. The van der Waals surface area contributed by atoms with Gasteiger partial charge < -0.3 is 10.0 Å². The quantitative estimate of drug-likeness (QED) is 0.880. The Labute approximate surface area is 128 Å². The van der Waals surface area contributed by atoms with Crippen LogP contribution in [0.15, 0.2) is 35.2 Å². The topological polar surface area (TPSA) is 53.4 Å². The molecule has 0 unspecified atom stereocenters. The van der Waals surface area contributed by atoms with Crippen molar-refractivity contribution in [3.63, 3.8) is 0 Å². The summed E-state index contributed by atoms with van der Waals surface area (Å²) >= 11 is 1.51. The fraction of sp³-hybridized carbons (Fsp3) is 0.250. The van der Waals surface area contributed by atoms with Gasteiger partial charge in [0.25, 0.3) is 5.91 Å². The first-order valence-electron chi connectivity index (χ1n) is 6.53. The van der Waals surface area contributed by atoms with Gasteiger partial charge >= 0.3 is 0 Å². The fourth-order valence-electron chi connectivity index (χ4n) is 1.83. The number of hydrogen-bond donors (Lipinski definition) is 1. The van der Waals surface area contributed by atoms with Gasteiger partial charge in [0, 0.05) is 24.4 Å². The summed E-state index contributed by atoms with van der Waals surface area (Å²) in [5.74, 6) is 5.70. The van der Waals surface area contributed by atoms with Crippen LogP contribution in [0.5, 0.6) is 0 Å². The van der Waals surface area contributed by atoms with Crippen molar-refractivity contribution in [3.8, 4) is 11.8 Å². The molecule has 0 bridgehead atoms. The molecule has 0 saturated heterocycles. The van der Waals surface area contributed by atoms with Crippen molar-refractivity contribution in [3.05, 3.63) is 52.0 Å². The zero-order chi connectivity index (χ0) is 15.1. The number of aromatic nitrogens is 1. The molecule has 2 aromatic rings. The Kier molecular flexibility index (Phi) is 5.50. The highest BCUT2D eigenvalue weighted by Crippen LogP contribution is 2.12. The Hall–Kier alpha value is -2.16. The van der Waals surface area contributed by atoms with Crippen molar-refractivity contribution in [1.82, 2.24) is 9.88 Å². The van der Waals surface area contributed by atoms with Crippen LogP contribution in [0.4, 0.5) is 0 Å². The van der Waals surface area contributed by atoms with Crippen LogP contribution in [-0.4, -0.2) is 34.6 Å². The van der Waals surface area contributed by atoms with E-state index in [-0.39, 0.29) is 12.5 Å². The van der Waals surface area contributed by atoms with E-state index in [0.29, 0.717) is 24.1 Å². The first kappa shape index (κ1) is 15.2. The Bertz CT molecular complexity index is 656. The highest BCUT2D eigenvalue weighted by molar-refractivity contribution is 7.07. The van der Waals surface area contributed by atoms with E-state index in [1.165, 1.54) is 11.3 Å². The molecule has 0 aliphatic carbocycles. The molecule has 0 aliphatic rings. The standard InChI is InChI=1S/C16H16N2O2S/c1-18(10-14-11-21-12-17-14)16(20)15-8-3-2-6-13(15)7-4-5-9-19/h2-3,6,8,11-12,19H,5,9-10H2,1H3. The first-order valence-corrected chi connectivity index (χ1v) is 7.48. The Morgan fingerprint density at radius 1 is 1.43 bits per heavy atom. The van der Waals surface area contributed by atoms with E-state index in [4.69, 9.17) is 5.11 Å². The van der Waals surface area contributed by atoms with E-state index < -0.39 is 0 Å². The van der Waals surface area contributed by atoms with Crippen LogP contribution in [0.3, 0.4) is 0 Å². The molecule has 4 nitrogen and oxygen atoms in total. The summed E-state index contributed by atoms with van der Waals surface area (Å²) in [5.41, 5.74) is 3.88. The molecule has 0 saturated carbocycles. The maximum atomic E-state index is 12.5. The molecule has 0 fully saturated rings. The Morgan fingerprint density at radius 2 is 2.24 bits per heavy atom. The van der Waals surface area contributed by atoms with Gasteiger partial charge in [0.2, 0.25) is 0 Å². The van der Waals surface area contributed by atoms with Crippen LogP contribution >= 0.6 is 11.3 Å². The molecule has 5 heteroatoms. The van der Waals surface area contributed by atoms with Crippen LogP contribution in [0.1, 0.15) is 28.0 Å². The molecule has 0 aliphatic heterocycles. The molecule has 1 heterocycles. The fourth-order valence-corrected chi connectivity index (χ4v) is 2.38. The molecule has 1 aromatic carbocycles. The summed E-state index contributed by atoms with van der Waals surface area (Å²) in [4.78, 5) is 18.3. The van der Waals surface area contributed by atoms with E-state index in [1.807, 2.05) is 23.6 Å². The van der Waals surface area contributed by atoms with E-state index in [9.17, 15) is 4.79 Å². The zero-order valence-corrected chi connectivity index (χ0v) is 12.6. The smallest absolute Gasteiger partial charge is 0.255 e. The third kappa shape index (κ3) is 4.15. The van der Waals surface area contributed by atoms with Gasteiger partial charge in [0.05, 0.1) is 29.9 Å². The van der Waals surface area contributed by atoms with Gasteiger partial charge in [-0.15, -0.1) is 11.3 Å². The van der Waals surface area contributed by atoms with Gasteiger partial charge in [-0.1, -0.05) is 24.0 Å². The monoisotopic (exact) mass is 300 g/mol. The van der Waals surface area contributed by atoms with Crippen LogP contribution < -0.4 is 0 Å². The Balaban J connectivity index is 2.17. The van der Waals surface area contributed by atoms with Crippen molar-refractivity contribution >= 4 is 17.2 Å². The van der Waals surface area contributed by atoms with Crippen molar-refractivity contribution in [1.29, 1.82) is 0 Å². The molecule has 0 radical (unpaired) electrons. The van der Waals surface area contributed by atoms with Crippen molar-refractivity contribution in [2.45, 2.75) is 13.0 Å². The number of thiazole rings is 1. The predicted octanol–water partition coefficient (Wildman–Crippen LogP) is 2.15. The van der Waals surface area contributed by atoms with Gasteiger partial charge in [-0.3, -0.25) is 4.79 Å². The second kappa shape index (κ2) is 7.58. The summed E-state index contributed by atoms with van der Waals surface area (Å²) in [7, 11) is 1.75. The summed E-state index contributed by atoms with van der Waals surface area (Å²) < 4.78 is 0. The number of aliphatic hydroxyl groups is 1. The van der Waals surface area contributed by atoms with Crippen molar-refractivity contribution < 1.29 is 9.90 Å². The average molecular weight is 300 g/mol. The minimum absolute atomic E-state index is 0.0207. The van der Waals surface area contributed by atoms with E-state index in [2.05, 4.69) is 16.8 Å². The Morgan fingerprint density at radius 3 is 2.95 bits per heavy atom. The molecule has 1 N–H and O–H groups in total. The molecule has 0 atom stereocenters. The number of aliphatic hydroxyl groups excluding tert-OH is 1. The van der Waals surface area contributed by atoms with Gasteiger partial charge in [0.15, 0.2) is 0 Å². The molecule has 108 valence electrons. The van der Waals surface area contributed by atoms with Crippen LogP contribution in [0.2, 0.25) is 0 Å². The number of nitrogens with zero attached hydrogens (tertiary/aromatic N) is 2. The molecular weight excluding hydrogens is 284 g/mol. The number of benzene rings is 1. The predicted molar refractivity (Wildman–Crippen MR) is 82.9 cm³/mol. The molecule has 1 amide bonds. The number of carbonyl (C=O) groups is 1. The third-order valence-electron chi connectivity index (χ3n) is 2.85. The largest absolute Gasteiger partial charge is 0.395 e. The highest BCUT2D eigenvalue weighted by Gasteiger charge is 2.15. The van der Waals surface area contributed by atoms with Gasteiger partial charge in [0.1, 0.15) is 0 Å². The van der Waals surface area contributed by atoms with Crippen LogP contribution in [0.25, 0.3) is 0 Å². The lowest BCUT2D eigenvalue weighted by Gasteiger charge is -2.16. The van der Waals surface area contributed by atoms with Crippen LogP contribution in [0, 0.1) is 11.8 Å². The number of hydrogen-bond acceptors (Lipinski definition) is 4. The average Bonchev–Trinajstić information content (AvgIpc) is 3.00. The van der Waals surface area contributed by atoms with Crippen molar-refractivity contribution in [2.24, 2.45) is 0 Å². The number of carbonyl (C=O) groups excluding carboxylic acids is 1. The zero-order valence-electron chi connectivity index (χ0n) is 11.7.